The van der Waals surface area contributed by atoms with Gasteiger partial charge in [0.15, 0.2) is 0 Å². The van der Waals surface area contributed by atoms with Gasteiger partial charge in [0.25, 0.3) is 5.91 Å². The van der Waals surface area contributed by atoms with Crippen molar-refractivity contribution in [3.63, 3.8) is 0 Å². The Balaban J connectivity index is 1.81. The van der Waals surface area contributed by atoms with Crippen LogP contribution in [0.15, 0.2) is 18.2 Å². The number of amides is 1. The second kappa shape index (κ2) is 5.60. The molecule has 4 nitrogen and oxygen atoms in total. The Morgan fingerprint density at radius 1 is 1.13 bits per heavy atom. The van der Waals surface area contributed by atoms with Gasteiger partial charge in [-0.3, -0.25) is 4.79 Å². The zero-order valence-electron chi connectivity index (χ0n) is 14.2. The molecule has 0 aliphatic carbocycles. The highest BCUT2D eigenvalue weighted by Gasteiger charge is 2.51. The van der Waals surface area contributed by atoms with Crippen molar-refractivity contribution in [1.29, 1.82) is 0 Å². The fourth-order valence-electron chi connectivity index (χ4n) is 2.92. The molecule has 0 bridgehead atoms. The van der Waals surface area contributed by atoms with Crippen molar-refractivity contribution in [3.8, 4) is 0 Å². The summed E-state index contributed by atoms with van der Waals surface area (Å²) in [5.41, 5.74) is -0.234. The summed E-state index contributed by atoms with van der Waals surface area (Å²) >= 11 is 0. The maximum Gasteiger partial charge on any atom is 0.494 e. The lowest BCUT2D eigenvalue weighted by molar-refractivity contribution is 0.00578. The number of hydrogen-bond donors (Lipinski definition) is 0. The van der Waals surface area contributed by atoms with Crippen LogP contribution in [0.5, 0.6) is 0 Å². The number of carbonyl (C=O) groups excluding carboxylic acids is 1. The molecular weight excluding hydrogens is 296 g/mol. The van der Waals surface area contributed by atoms with Crippen LogP contribution in [-0.4, -0.2) is 42.2 Å². The number of halogens is 1. The van der Waals surface area contributed by atoms with Crippen LogP contribution in [0.4, 0.5) is 4.39 Å². The molecule has 2 fully saturated rings. The predicted molar refractivity (Wildman–Crippen MR) is 87.3 cm³/mol. The number of rotatable bonds is 2. The summed E-state index contributed by atoms with van der Waals surface area (Å²) in [6.07, 6.45) is 1.97. The molecule has 0 saturated carbocycles. The van der Waals surface area contributed by atoms with Crippen molar-refractivity contribution in [2.45, 2.75) is 51.7 Å². The second-order valence-corrected chi connectivity index (χ2v) is 7.33. The molecule has 2 aliphatic heterocycles. The zero-order valence-corrected chi connectivity index (χ0v) is 14.2. The first-order valence-electron chi connectivity index (χ1n) is 8.16. The van der Waals surface area contributed by atoms with Gasteiger partial charge in [-0.2, -0.15) is 0 Å². The van der Waals surface area contributed by atoms with Gasteiger partial charge in [0, 0.05) is 13.1 Å². The number of carbonyl (C=O) groups is 1. The standard InChI is InChI=1S/C17H23BFNO3/c1-16(2)17(3,4)23-18(22-16)12-7-8-13(14(19)11-12)15(21)20-9-5-6-10-20/h7-8,11H,5-6,9-10H2,1-4H3. The van der Waals surface area contributed by atoms with Gasteiger partial charge in [0.2, 0.25) is 0 Å². The Labute approximate surface area is 137 Å². The van der Waals surface area contributed by atoms with E-state index in [1.54, 1.807) is 11.0 Å². The normalized spacial score (nSPS) is 22.7. The van der Waals surface area contributed by atoms with Crippen molar-refractivity contribution in [2.75, 3.05) is 13.1 Å². The van der Waals surface area contributed by atoms with E-state index in [-0.39, 0.29) is 11.5 Å². The summed E-state index contributed by atoms with van der Waals surface area (Å²) in [5.74, 6) is -0.755. The second-order valence-electron chi connectivity index (χ2n) is 7.33. The van der Waals surface area contributed by atoms with Gasteiger partial charge in [-0.05, 0) is 58.1 Å². The van der Waals surface area contributed by atoms with E-state index >= 15 is 0 Å². The molecule has 2 saturated heterocycles. The first-order valence-corrected chi connectivity index (χ1v) is 8.16. The molecular formula is C17H23BFNO3. The van der Waals surface area contributed by atoms with Gasteiger partial charge >= 0.3 is 7.12 Å². The molecule has 6 heteroatoms. The molecule has 0 atom stereocenters. The SMILES string of the molecule is CC1(C)OB(c2ccc(C(=O)N3CCCC3)c(F)c2)OC1(C)C. The van der Waals surface area contributed by atoms with Gasteiger partial charge in [-0.15, -0.1) is 0 Å². The van der Waals surface area contributed by atoms with Gasteiger partial charge in [0.1, 0.15) is 5.82 Å². The van der Waals surface area contributed by atoms with Crippen LogP contribution in [0.2, 0.25) is 0 Å². The third-order valence-corrected chi connectivity index (χ3v) is 5.14. The molecule has 1 aromatic carbocycles. The van der Waals surface area contributed by atoms with Crippen molar-refractivity contribution in [3.05, 3.63) is 29.6 Å². The first kappa shape index (κ1) is 16.5. The fourth-order valence-corrected chi connectivity index (χ4v) is 2.92. The van der Waals surface area contributed by atoms with Gasteiger partial charge < -0.3 is 14.2 Å². The highest BCUT2D eigenvalue weighted by Crippen LogP contribution is 2.36. The average Bonchev–Trinajstić information content (AvgIpc) is 3.05. The summed E-state index contributed by atoms with van der Waals surface area (Å²) in [5, 5.41) is 0. The lowest BCUT2D eigenvalue weighted by Gasteiger charge is -2.32. The van der Waals surface area contributed by atoms with Gasteiger partial charge in [-0.1, -0.05) is 6.07 Å². The molecule has 1 aromatic rings. The predicted octanol–water partition coefficient (Wildman–Crippen LogP) is 2.36. The maximum absolute atomic E-state index is 14.4. The molecule has 3 rings (SSSR count). The van der Waals surface area contributed by atoms with Crippen molar-refractivity contribution < 1.29 is 18.5 Å². The quantitative estimate of drug-likeness (QED) is 0.786. The lowest BCUT2D eigenvalue weighted by atomic mass is 9.78. The summed E-state index contributed by atoms with van der Waals surface area (Å²) in [6.45, 7) is 9.22. The Kier molecular flexibility index (Phi) is 4.01. The summed E-state index contributed by atoms with van der Waals surface area (Å²) in [6, 6.07) is 4.61. The Morgan fingerprint density at radius 2 is 1.70 bits per heavy atom. The van der Waals surface area contributed by atoms with Crippen LogP contribution in [0.3, 0.4) is 0 Å². The topological polar surface area (TPSA) is 38.8 Å². The van der Waals surface area contributed by atoms with E-state index in [0.717, 1.165) is 12.8 Å². The van der Waals surface area contributed by atoms with Gasteiger partial charge in [-0.25, -0.2) is 4.39 Å². The van der Waals surface area contributed by atoms with E-state index < -0.39 is 24.1 Å². The van der Waals surface area contributed by atoms with Gasteiger partial charge in [0.05, 0.1) is 16.8 Å². The Hall–Kier alpha value is -1.40. The molecule has 2 aliphatic rings. The first-order chi connectivity index (χ1) is 10.7. The van der Waals surface area contributed by atoms with Crippen molar-refractivity contribution in [1.82, 2.24) is 4.90 Å². The third kappa shape index (κ3) is 2.90. The van der Waals surface area contributed by atoms with E-state index in [1.165, 1.54) is 12.1 Å². The smallest absolute Gasteiger partial charge is 0.399 e. The monoisotopic (exact) mass is 319 g/mol. The zero-order chi connectivity index (χ0) is 16.8. The minimum absolute atomic E-state index is 0.118. The maximum atomic E-state index is 14.4. The molecule has 124 valence electrons. The highest BCUT2D eigenvalue weighted by atomic mass is 19.1. The van der Waals surface area contributed by atoms with Crippen LogP contribution < -0.4 is 5.46 Å². The molecule has 0 spiro atoms. The third-order valence-electron chi connectivity index (χ3n) is 5.14. The highest BCUT2D eigenvalue weighted by molar-refractivity contribution is 6.62. The molecule has 0 N–H and O–H groups in total. The molecule has 2 heterocycles. The van der Waals surface area contributed by atoms with Crippen LogP contribution in [0.25, 0.3) is 0 Å². The van der Waals surface area contributed by atoms with E-state index in [0.29, 0.717) is 18.6 Å². The van der Waals surface area contributed by atoms with E-state index in [4.69, 9.17) is 9.31 Å². The summed E-state index contributed by atoms with van der Waals surface area (Å²) in [7, 11) is -0.620. The van der Waals surface area contributed by atoms with Crippen LogP contribution in [0.1, 0.15) is 50.9 Å². The largest absolute Gasteiger partial charge is 0.494 e. The number of hydrogen-bond acceptors (Lipinski definition) is 3. The minimum atomic E-state index is -0.620. The molecule has 0 unspecified atom stereocenters. The Morgan fingerprint density at radius 3 is 2.22 bits per heavy atom. The average molecular weight is 319 g/mol. The van der Waals surface area contributed by atoms with E-state index in [2.05, 4.69) is 0 Å². The van der Waals surface area contributed by atoms with Crippen LogP contribution in [0, 0.1) is 5.82 Å². The number of nitrogens with zero attached hydrogens (tertiary/aromatic N) is 1. The van der Waals surface area contributed by atoms with E-state index in [1.807, 2.05) is 27.7 Å². The molecule has 23 heavy (non-hydrogen) atoms. The number of likely N-dealkylation sites (tertiary alicyclic amines) is 1. The van der Waals surface area contributed by atoms with Crippen molar-refractivity contribution >= 4 is 18.5 Å². The molecule has 1 amide bonds. The van der Waals surface area contributed by atoms with Crippen LogP contribution >= 0.6 is 0 Å². The minimum Gasteiger partial charge on any atom is -0.399 e. The summed E-state index contributed by atoms with van der Waals surface area (Å²) < 4.78 is 26.3. The van der Waals surface area contributed by atoms with Crippen LogP contribution in [-0.2, 0) is 9.31 Å². The molecule has 0 aromatic heterocycles. The summed E-state index contributed by atoms with van der Waals surface area (Å²) in [4.78, 5) is 14.0. The lowest BCUT2D eigenvalue weighted by Crippen LogP contribution is -2.41. The fraction of sp³-hybridized carbons (Fsp3) is 0.588. The Bertz CT molecular complexity index is 610. The number of benzene rings is 1. The molecule has 0 radical (unpaired) electrons. The van der Waals surface area contributed by atoms with Crippen molar-refractivity contribution in [2.24, 2.45) is 0 Å². The van der Waals surface area contributed by atoms with E-state index in [9.17, 15) is 9.18 Å².